The van der Waals surface area contributed by atoms with E-state index in [9.17, 15) is 27.5 Å². The number of pyridine rings is 1. The molecular weight excluding hydrogens is 340 g/mol. The standard InChI is InChI=1S/C17H14F4N2O2/c18-14-8-22-6-5-12(14)16(25)23-9-10(24)7-15(23)11-3-1-2-4-13(11)17(19,20)21/h1-6,8,10,15,24H,7,9H2. The molecule has 1 saturated heterocycles. The maximum absolute atomic E-state index is 13.8. The third-order valence-electron chi connectivity index (χ3n) is 4.17. The largest absolute Gasteiger partial charge is 0.416 e. The van der Waals surface area contributed by atoms with Gasteiger partial charge in [-0.25, -0.2) is 4.39 Å². The number of rotatable bonds is 2. The molecule has 0 radical (unpaired) electrons. The van der Waals surface area contributed by atoms with Crippen molar-refractivity contribution in [1.29, 1.82) is 0 Å². The summed E-state index contributed by atoms with van der Waals surface area (Å²) in [5.41, 5.74) is -1.28. The number of aliphatic hydroxyl groups excluding tert-OH is 1. The molecule has 0 spiro atoms. The van der Waals surface area contributed by atoms with Gasteiger partial charge in [0.15, 0.2) is 5.82 Å². The van der Waals surface area contributed by atoms with Gasteiger partial charge in [-0.3, -0.25) is 9.78 Å². The van der Waals surface area contributed by atoms with Gasteiger partial charge in [0, 0.05) is 12.7 Å². The van der Waals surface area contributed by atoms with Crippen LogP contribution in [-0.4, -0.2) is 33.5 Å². The fraction of sp³-hybridized carbons (Fsp3) is 0.294. The Morgan fingerprint density at radius 2 is 1.96 bits per heavy atom. The SMILES string of the molecule is O=C(c1ccncc1F)N1CC(O)CC1c1ccccc1C(F)(F)F. The molecule has 0 bridgehead atoms. The first-order chi connectivity index (χ1) is 11.8. The third-order valence-corrected chi connectivity index (χ3v) is 4.17. The first kappa shape index (κ1) is 17.3. The molecule has 2 heterocycles. The van der Waals surface area contributed by atoms with Gasteiger partial charge in [0.2, 0.25) is 0 Å². The number of carbonyl (C=O) groups is 1. The molecule has 3 rings (SSSR count). The topological polar surface area (TPSA) is 53.4 Å². The number of aliphatic hydroxyl groups is 1. The molecule has 132 valence electrons. The second-order valence-electron chi connectivity index (χ2n) is 5.80. The summed E-state index contributed by atoms with van der Waals surface area (Å²) >= 11 is 0. The molecular formula is C17H14F4N2O2. The minimum atomic E-state index is -4.60. The van der Waals surface area contributed by atoms with E-state index in [1.165, 1.54) is 24.4 Å². The Bertz CT molecular complexity index is 794. The van der Waals surface area contributed by atoms with Gasteiger partial charge in [-0.05, 0) is 24.1 Å². The van der Waals surface area contributed by atoms with E-state index >= 15 is 0 Å². The number of amides is 1. The summed E-state index contributed by atoms with van der Waals surface area (Å²) in [4.78, 5) is 17.2. The zero-order valence-electron chi connectivity index (χ0n) is 12.9. The summed E-state index contributed by atoms with van der Waals surface area (Å²) in [6, 6.07) is 5.06. The summed E-state index contributed by atoms with van der Waals surface area (Å²) in [5.74, 6) is -1.64. The lowest BCUT2D eigenvalue weighted by molar-refractivity contribution is -0.138. The van der Waals surface area contributed by atoms with Gasteiger partial charge < -0.3 is 10.0 Å². The van der Waals surface area contributed by atoms with Gasteiger partial charge >= 0.3 is 6.18 Å². The van der Waals surface area contributed by atoms with Crippen molar-refractivity contribution in [3.8, 4) is 0 Å². The monoisotopic (exact) mass is 354 g/mol. The minimum absolute atomic E-state index is 0.0501. The number of halogens is 4. The average molecular weight is 354 g/mol. The molecule has 0 aliphatic carbocycles. The van der Waals surface area contributed by atoms with Gasteiger partial charge in [0.05, 0.1) is 29.5 Å². The van der Waals surface area contributed by atoms with Crippen LogP contribution in [0.2, 0.25) is 0 Å². The Labute approximate surface area is 140 Å². The molecule has 1 fully saturated rings. The summed E-state index contributed by atoms with van der Waals surface area (Å²) in [6.45, 7) is -0.169. The number of carbonyl (C=O) groups excluding carboxylic acids is 1. The molecule has 8 heteroatoms. The summed E-state index contributed by atoms with van der Waals surface area (Å²) in [7, 11) is 0. The highest BCUT2D eigenvalue weighted by Crippen LogP contribution is 2.40. The third kappa shape index (κ3) is 3.34. The van der Waals surface area contributed by atoms with Crippen molar-refractivity contribution < 1.29 is 27.5 Å². The fourth-order valence-electron chi connectivity index (χ4n) is 3.08. The van der Waals surface area contributed by atoms with Crippen LogP contribution in [0.15, 0.2) is 42.7 Å². The zero-order chi connectivity index (χ0) is 18.2. The Balaban J connectivity index is 2.02. The van der Waals surface area contributed by atoms with Gasteiger partial charge in [-0.2, -0.15) is 13.2 Å². The number of benzene rings is 1. The van der Waals surface area contributed by atoms with Crippen LogP contribution in [0.25, 0.3) is 0 Å². The second kappa shape index (κ2) is 6.44. The number of β-amino-alcohol motifs (C(OH)–C–C–N with tert-alkyl or cyclic N) is 1. The number of hydrogen-bond acceptors (Lipinski definition) is 3. The normalized spacial score (nSPS) is 20.8. The minimum Gasteiger partial charge on any atom is -0.391 e. The van der Waals surface area contributed by atoms with Crippen LogP contribution in [-0.2, 0) is 6.18 Å². The van der Waals surface area contributed by atoms with Crippen molar-refractivity contribution in [2.45, 2.75) is 24.7 Å². The number of nitrogens with zero attached hydrogens (tertiary/aromatic N) is 2. The van der Waals surface area contributed by atoms with Crippen LogP contribution in [0.3, 0.4) is 0 Å². The van der Waals surface area contributed by atoms with Crippen molar-refractivity contribution in [2.75, 3.05) is 6.54 Å². The lowest BCUT2D eigenvalue weighted by Gasteiger charge is -2.27. The molecule has 1 amide bonds. The van der Waals surface area contributed by atoms with Crippen molar-refractivity contribution >= 4 is 5.91 Å². The summed E-state index contributed by atoms with van der Waals surface area (Å²) in [5, 5.41) is 9.91. The number of aromatic nitrogens is 1. The van der Waals surface area contributed by atoms with E-state index in [0.717, 1.165) is 23.2 Å². The predicted octanol–water partition coefficient (Wildman–Crippen LogP) is 3.19. The number of hydrogen-bond donors (Lipinski definition) is 1. The summed E-state index contributed by atoms with van der Waals surface area (Å²) < 4.78 is 53.7. The van der Waals surface area contributed by atoms with Crippen LogP contribution in [0.1, 0.15) is 33.9 Å². The van der Waals surface area contributed by atoms with Crippen LogP contribution < -0.4 is 0 Å². The lowest BCUT2D eigenvalue weighted by Crippen LogP contribution is -2.33. The Kier molecular flexibility index (Phi) is 4.47. The van der Waals surface area contributed by atoms with E-state index in [2.05, 4.69) is 4.98 Å². The summed E-state index contributed by atoms with van der Waals surface area (Å²) in [6.07, 6.45) is -3.55. The van der Waals surface area contributed by atoms with E-state index < -0.39 is 35.6 Å². The lowest BCUT2D eigenvalue weighted by atomic mass is 9.97. The number of likely N-dealkylation sites (tertiary alicyclic amines) is 1. The molecule has 25 heavy (non-hydrogen) atoms. The molecule has 1 aliphatic heterocycles. The van der Waals surface area contributed by atoms with Crippen LogP contribution in [0, 0.1) is 5.82 Å². The van der Waals surface area contributed by atoms with Crippen LogP contribution >= 0.6 is 0 Å². The van der Waals surface area contributed by atoms with E-state index in [1.54, 1.807) is 0 Å². The molecule has 1 aromatic heterocycles. The van der Waals surface area contributed by atoms with Crippen molar-refractivity contribution in [3.63, 3.8) is 0 Å². The zero-order valence-corrected chi connectivity index (χ0v) is 12.9. The molecule has 0 saturated carbocycles. The van der Waals surface area contributed by atoms with Crippen molar-refractivity contribution in [1.82, 2.24) is 9.88 Å². The van der Waals surface area contributed by atoms with E-state index in [1.807, 2.05) is 0 Å². The van der Waals surface area contributed by atoms with E-state index in [-0.39, 0.29) is 24.1 Å². The van der Waals surface area contributed by atoms with E-state index in [0.29, 0.717) is 0 Å². The average Bonchev–Trinajstić information content (AvgIpc) is 2.96. The molecule has 4 nitrogen and oxygen atoms in total. The molecule has 1 aromatic carbocycles. The van der Waals surface area contributed by atoms with Gasteiger partial charge in [0.1, 0.15) is 0 Å². The number of alkyl halides is 3. The molecule has 2 atom stereocenters. The molecule has 2 unspecified atom stereocenters. The van der Waals surface area contributed by atoms with Crippen LogP contribution in [0.5, 0.6) is 0 Å². The second-order valence-corrected chi connectivity index (χ2v) is 5.80. The Morgan fingerprint density at radius 3 is 2.64 bits per heavy atom. The maximum Gasteiger partial charge on any atom is 0.416 e. The highest BCUT2D eigenvalue weighted by Gasteiger charge is 2.41. The highest BCUT2D eigenvalue weighted by atomic mass is 19.4. The van der Waals surface area contributed by atoms with E-state index in [4.69, 9.17) is 0 Å². The Hall–Kier alpha value is -2.48. The van der Waals surface area contributed by atoms with Gasteiger partial charge in [-0.15, -0.1) is 0 Å². The first-order valence-electron chi connectivity index (χ1n) is 7.53. The fourth-order valence-corrected chi connectivity index (χ4v) is 3.08. The molecule has 2 aromatic rings. The maximum atomic E-state index is 13.8. The highest BCUT2D eigenvalue weighted by molar-refractivity contribution is 5.94. The molecule has 1 aliphatic rings. The quantitative estimate of drug-likeness (QED) is 0.843. The molecule has 1 N–H and O–H groups in total. The van der Waals surface area contributed by atoms with Crippen LogP contribution in [0.4, 0.5) is 17.6 Å². The van der Waals surface area contributed by atoms with Crippen molar-refractivity contribution in [3.05, 3.63) is 65.2 Å². The van der Waals surface area contributed by atoms with Gasteiger partial charge in [-0.1, -0.05) is 18.2 Å². The predicted molar refractivity (Wildman–Crippen MR) is 80.0 cm³/mol. The smallest absolute Gasteiger partial charge is 0.391 e. The van der Waals surface area contributed by atoms with Gasteiger partial charge in [0.25, 0.3) is 5.91 Å². The first-order valence-corrected chi connectivity index (χ1v) is 7.53. The van der Waals surface area contributed by atoms with Crippen molar-refractivity contribution in [2.24, 2.45) is 0 Å². The Morgan fingerprint density at radius 1 is 1.24 bits per heavy atom.